The van der Waals surface area contributed by atoms with Crippen molar-refractivity contribution in [3.8, 4) is 5.75 Å². The molecule has 0 aliphatic carbocycles. The number of nitrogens with zero attached hydrogens (tertiary/aromatic N) is 1. The van der Waals surface area contributed by atoms with Gasteiger partial charge in [-0.2, -0.15) is 0 Å². The molecule has 1 amide bonds. The lowest BCUT2D eigenvalue weighted by atomic mass is 10.0. The van der Waals surface area contributed by atoms with Crippen LogP contribution in [0.4, 0.5) is 0 Å². The maximum Gasteiger partial charge on any atom is 0.239 e. The van der Waals surface area contributed by atoms with Crippen molar-refractivity contribution in [1.82, 2.24) is 16.0 Å². The van der Waals surface area contributed by atoms with Crippen molar-refractivity contribution in [2.75, 3.05) is 33.9 Å². The van der Waals surface area contributed by atoms with Gasteiger partial charge in [-0.1, -0.05) is 12.1 Å². The smallest absolute Gasteiger partial charge is 0.239 e. The number of guanidine groups is 1. The first-order valence-electron chi connectivity index (χ1n) is 8.53. The van der Waals surface area contributed by atoms with E-state index in [4.69, 9.17) is 9.47 Å². The molecule has 0 saturated carbocycles. The van der Waals surface area contributed by atoms with Gasteiger partial charge in [0.25, 0.3) is 0 Å². The topological polar surface area (TPSA) is 84.0 Å². The summed E-state index contributed by atoms with van der Waals surface area (Å²) in [6, 6.07) is 7.60. The average Bonchev–Trinajstić information content (AvgIpc) is 3.07. The SMILES string of the molecule is CN=C(NCC(=O)NCc1ccc(OC)cc1)NCC1(C)CCCO1.I. The molecule has 1 heterocycles. The number of nitrogens with one attached hydrogen (secondary N) is 3. The number of hydrogen-bond donors (Lipinski definition) is 3. The Bertz CT molecular complexity index is 587. The van der Waals surface area contributed by atoms with Crippen LogP contribution >= 0.6 is 24.0 Å². The fourth-order valence-corrected chi connectivity index (χ4v) is 2.64. The van der Waals surface area contributed by atoms with E-state index in [1.54, 1.807) is 14.2 Å². The van der Waals surface area contributed by atoms with Crippen LogP contribution in [0.3, 0.4) is 0 Å². The zero-order valence-corrected chi connectivity index (χ0v) is 18.0. The molecule has 0 radical (unpaired) electrons. The summed E-state index contributed by atoms with van der Waals surface area (Å²) in [5.41, 5.74) is 0.858. The average molecular weight is 476 g/mol. The predicted octanol–water partition coefficient (Wildman–Crippen LogP) is 1.66. The Balaban J connectivity index is 0.00000338. The molecule has 8 heteroatoms. The van der Waals surface area contributed by atoms with E-state index < -0.39 is 0 Å². The van der Waals surface area contributed by atoms with Crippen LogP contribution in [0.15, 0.2) is 29.3 Å². The highest BCUT2D eigenvalue weighted by molar-refractivity contribution is 14.0. The van der Waals surface area contributed by atoms with Gasteiger partial charge in [0.1, 0.15) is 5.75 Å². The maximum atomic E-state index is 12.0. The van der Waals surface area contributed by atoms with Crippen LogP contribution in [-0.4, -0.2) is 51.3 Å². The zero-order chi connectivity index (χ0) is 18.1. The van der Waals surface area contributed by atoms with Gasteiger partial charge in [0, 0.05) is 26.7 Å². The molecule has 1 unspecified atom stereocenters. The Morgan fingerprint density at radius 2 is 2.00 bits per heavy atom. The van der Waals surface area contributed by atoms with Crippen LogP contribution in [0.25, 0.3) is 0 Å². The third kappa shape index (κ3) is 7.36. The maximum absolute atomic E-state index is 12.0. The number of hydrogen-bond acceptors (Lipinski definition) is 4. The number of methoxy groups -OCH3 is 1. The third-order valence-corrected chi connectivity index (χ3v) is 4.22. The Labute approximate surface area is 172 Å². The predicted molar refractivity (Wildman–Crippen MR) is 113 cm³/mol. The Hall–Kier alpha value is -1.55. The first-order chi connectivity index (χ1) is 12.0. The highest BCUT2D eigenvalue weighted by Gasteiger charge is 2.29. The highest BCUT2D eigenvalue weighted by Crippen LogP contribution is 2.23. The molecule has 1 aliphatic rings. The lowest BCUT2D eigenvalue weighted by Gasteiger charge is -2.24. The fourth-order valence-electron chi connectivity index (χ4n) is 2.64. The van der Waals surface area contributed by atoms with Crippen molar-refractivity contribution in [2.45, 2.75) is 31.9 Å². The molecule has 146 valence electrons. The molecule has 7 nitrogen and oxygen atoms in total. The van der Waals surface area contributed by atoms with E-state index in [0.717, 1.165) is 30.8 Å². The molecule has 1 fully saturated rings. The summed E-state index contributed by atoms with van der Waals surface area (Å²) in [5, 5.41) is 9.10. The monoisotopic (exact) mass is 476 g/mol. The normalized spacial score (nSPS) is 19.4. The van der Waals surface area contributed by atoms with Crippen LogP contribution in [0.5, 0.6) is 5.75 Å². The number of rotatable bonds is 7. The molecule has 1 atom stereocenters. The molecule has 0 spiro atoms. The molecule has 0 bridgehead atoms. The van der Waals surface area contributed by atoms with Crippen LogP contribution in [0, 0.1) is 0 Å². The number of amides is 1. The van der Waals surface area contributed by atoms with Crippen molar-refractivity contribution in [3.63, 3.8) is 0 Å². The minimum atomic E-state index is -0.158. The molecule has 1 aliphatic heterocycles. The highest BCUT2D eigenvalue weighted by atomic mass is 127. The standard InChI is InChI=1S/C18H28N4O3.HI/c1-18(9-4-10-25-18)13-22-17(19-2)21-12-16(23)20-11-14-5-7-15(24-3)8-6-14;/h5-8H,4,9-13H2,1-3H3,(H,20,23)(H2,19,21,22);1H. The van der Waals surface area contributed by atoms with Crippen LogP contribution in [0.2, 0.25) is 0 Å². The van der Waals surface area contributed by atoms with Crippen LogP contribution < -0.4 is 20.7 Å². The molecular weight excluding hydrogens is 447 g/mol. The minimum Gasteiger partial charge on any atom is -0.497 e. The van der Waals surface area contributed by atoms with Gasteiger partial charge in [-0.05, 0) is 37.5 Å². The summed E-state index contributed by atoms with van der Waals surface area (Å²) < 4.78 is 10.8. The number of aliphatic imine (C=N–C) groups is 1. The van der Waals surface area contributed by atoms with Gasteiger partial charge in [-0.15, -0.1) is 24.0 Å². The molecule has 26 heavy (non-hydrogen) atoms. The molecular formula is C18H29IN4O3. The fraction of sp³-hybridized carbons (Fsp3) is 0.556. The van der Waals surface area contributed by atoms with Crippen molar-refractivity contribution in [1.29, 1.82) is 0 Å². The van der Waals surface area contributed by atoms with Crippen molar-refractivity contribution in [3.05, 3.63) is 29.8 Å². The molecule has 1 aromatic rings. The van der Waals surface area contributed by atoms with E-state index >= 15 is 0 Å². The summed E-state index contributed by atoms with van der Waals surface area (Å²) >= 11 is 0. The number of benzene rings is 1. The second kappa shape index (κ2) is 11.2. The second-order valence-electron chi connectivity index (χ2n) is 6.31. The molecule has 1 aromatic carbocycles. The van der Waals surface area contributed by atoms with E-state index in [2.05, 4.69) is 27.9 Å². The van der Waals surface area contributed by atoms with Crippen LogP contribution in [-0.2, 0) is 16.1 Å². The van der Waals surface area contributed by atoms with E-state index in [9.17, 15) is 4.79 Å². The Morgan fingerprint density at radius 3 is 2.58 bits per heavy atom. The largest absolute Gasteiger partial charge is 0.497 e. The lowest BCUT2D eigenvalue weighted by Crippen LogP contribution is -2.47. The molecule has 3 N–H and O–H groups in total. The molecule has 1 saturated heterocycles. The third-order valence-electron chi connectivity index (χ3n) is 4.22. The number of ether oxygens (including phenoxy) is 2. The summed E-state index contributed by atoms with van der Waals surface area (Å²) in [6.07, 6.45) is 2.11. The summed E-state index contributed by atoms with van der Waals surface area (Å²) in [4.78, 5) is 16.1. The van der Waals surface area contributed by atoms with Gasteiger partial charge < -0.3 is 25.4 Å². The van der Waals surface area contributed by atoms with Crippen LogP contribution in [0.1, 0.15) is 25.3 Å². The van der Waals surface area contributed by atoms with Gasteiger partial charge in [0.15, 0.2) is 5.96 Å². The summed E-state index contributed by atoms with van der Waals surface area (Å²) in [7, 11) is 3.31. The number of carbonyl (C=O) groups excluding carboxylic acids is 1. The van der Waals surface area contributed by atoms with Gasteiger partial charge in [-0.25, -0.2) is 0 Å². The van der Waals surface area contributed by atoms with Gasteiger partial charge in [0.2, 0.25) is 5.91 Å². The van der Waals surface area contributed by atoms with Gasteiger partial charge in [0.05, 0.1) is 19.3 Å². The number of halogens is 1. The van der Waals surface area contributed by atoms with E-state index in [-0.39, 0.29) is 42.0 Å². The van der Waals surface area contributed by atoms with Gasteiger partial charge >= 0.3 is 0 Å². The second-order valence-corrected chi connectivity index (χ2v) is 6.31. The van der Waals surface area contributed by atoms with Crippen molar-refractivity contribution in [2.24, 2.45) is 4.99 Å². The Morgan fingerprint density at radius 1 is 1.27 bits per heavy atom. The van der Waals surface area contributed by atoms with Crippen molar-refractivity contribution < 1.29 is 14.3 Å². The quantitative estimate of drug-likeness (QED) is 0.317. The number of carbonyl (C=O) groups is 1. The minimum absolute atomic E-state index is 0. The van der Waals surface area contributed by atoms with Crippen molar-refractivity contribution >= 4 is 35.8 Å². The molecule has 0 aromatic heterocycles. The van der Waals surface area contributed by atoms with Gasteiger partial charge in [-0.3, -0.25) is 9.79 Å². The molecule has 2 rings (SSSR count). The first-order valence-corrected chi connectivity index (χ1v) is 8.53. The summed E-state index contributed by atoms with van der Waals surface area (Å²) in [5.74, 6) is 1.30. The zero-order valence-electron chi connectivity index (χ0n) is 15.6. The lowest BCUT2D eigenvalue weighted by molar-refractivity contribution is -0.120. The van der Waals surface area contributed by atoms with E-state index in [0.29, 0.717) is 19.0 Å². The van der Waals surface area contributed by atoms with E-state index in [1.807, 2.05) is 24.3 Å². The Kier molecular flexibility index (Phi) is 9.71. The van der Waals surface area contributed by atoms with E-state index in [1.165, 1.54) is 0 Å². The first kappa shape index (κ1) is 22.5. The summed E-state index contributed by atoms with van der Waals surface area (Å²) in [6.45, 7) is 4.19.